The summed E-state index contributed by atoms with van der Waals surface area (Å²) >= 11 is 1.84. The maximum Gasteiger partial charge on any atom is 0.160 e. The lowest BCUT2D eigenvalue weighted by Gasteiger charge is -2.14. The molecular formula is C47H27N3OS. The fourth-order valence-corrected chi connectivity index (χ4v) is 8.84. The summed E-state index contributed by atoms with van der Waals surface area (Å²) in [7, 11) is 0. The number of thiophene rings is 1. The van der Waals surface area contributed by atoms with Gasteiger partial charge >= 0.3 is 0 Å². The van der Waals surface area contributed by atoms with E-state index in [1.54, 1.807) is 0 Å². The van der Waals surface area contributed by atoms with E-state index in [-0.39, 0.29) is 0 Å². The lowest BCUT2D eigenvalue weighted by molar-refractivity contribution is 0.669. The third-order valence-electron chi connectivity index (χ3n) is 10.1. The maximum atomic E-state index is 6.28. The van der Waals surface area contributed by atoms with E-state index in [0.29, 0.717) is 5.82 Å². The zero-order valence-electron chi connectivity index (χ0n) is 27.7. The third kappa shape index (κ3) is 4.50. The van der Waals surface area contributed by atoms with E-state index >= 15 is 0 Å². The van der Waals surface area contributed by atoms with Crippen molar-refractivity contribution in [2.75, 3.05) is 0 Å². The van der Waals surface area contributed by atoms with Gasteiger partial charge in [-0.2, -0.15) is 0 Å². The number of pyridine rings is 1. The Hall–Kier alpha value is -6.69. The Morgan fingerprint density at radius 3 is 1.98 bits per heavy atom. The largest absolute Gasteiger partial charge is 0.456 e. The molecule has 0 spiro atoms. The van der Waals surface area contributed by atoms with Crippen LogP contribution >= 0.6 is 11.3 Å². The molecule has 0 aliphatic heterocycles. The highest BCUT2D eigenvalue weighted by molar-refractivity contribution is 7.26. The van der Waals surface area contributed by atoms with E-state index in [4.69, 9.17) is 19.4 Å². The SMILES string of the molecule is c1ccc(-c2nc(-c3ccc4c(c3)nc(-c3ccccc3)c3ccc5sc6ccccc6c5c34)cc(-c3cccc4oc5ccccc5c34)n2)cc1. The maximum absolute atomic E-state index is 6.28. The van der Waals surface area contributed by atoms with Crippen LogP contribution in [0.3, 0.4) is 0 Å². The highest BCUT2D eigenvalue weighted by atomic mass is 32.1. The van der Waals surface area contributed by atoms with Crippen LogP contribution in [0.2, 0.25) is 0 Å². The molecule has 0 saturated heterocycles. The molecule has 0 N–H and O–H groups in total. The molecule has 0 aliphatic rings. The molecule has 11 aromatic rings. The van der Waals surface area contributed by atoms with Gasteiger partial charge in [-0.3, -0.25) is 0 Å². The molecule has 0 saturated carbocycles. The van der Waals surface area contributed by atoms with Crippen LogP contribution in [-0.2, 0) is 0 Å². The lowest BCUT2D eigenvalue weighted by Crippen LogP contribution is -1.97. The van der Waals surface area contributed by atoms with Crippen LogP contribution in [0.1, 0.15) is 0 Å². The molecule has 52 heavy (non-hydrogen) atoms. The average Bonchev–Trinajstić information content (AvgIpc) is 3.79. The Morgan fingerprint density at radius 2 is 1.12 bits per heavy atom. The van der Waals surface area contributed by atoms with Gasteiger partial charge in [0.1, 0.15) is 11.2 Å². The fourth-order valence-electron chi connectivity index (χ4n) is 7.72. The topological polar surface area (TPSA) is 51.8 Å². The molecule has 242 valence electrons. The van der Waals surface area contributed by atoms with E-state index in [9.17, 15) is 0 Å². The number of nitrogens with zero attached hydrogens (tertiary/aromatic N) is 3. The van der Waals surface area contributed by atoms with Gasteiger partial charge in [0, 0.05) is 69.4 Å². The minimum atomic E-state index is 0.667. The van der Waals surface area contributed by atoms with Gasteiger partial charge in [-0.15, -0.1) is 11.3 Å². The van der Waals surface area contributed by atoms with Gasteiger partial charge in [0.25, 0.3) is 0 Å². The molecule has 0 aliphatic carbocycles. The van der Waals surface area contributed by atoms with Crippen molar-refractivity contribution in [2.45, 2.75) is 0 Å². The highest BCUT2D eigenvalue weighted by Gasteiger charge is 2.19. The first-order valence-electron chi connectivity index (χ1n) is 17.4. The van der Waals surface area contributed by atoms with E-state index in [1.807, 2.05) is 53.8 Å². The molecule has 0 fully saturated rings. The number of para-hydroxylation sites is 1. The minimum absolute atomic E-state index is 0.667. The molecule has 7 aromatic carbocycles. The van der Waals surface area contributed by atoms with Gasteiger partial charge in [-0.25, -0.2) is 15.0 Å². The Bertz CT molecular complexity index is 3180. The van der Waals surface area contributed by atoms with Crippen LogP contribution in [0.5, 0.6) is 0 Å². The van der Waals surface area contributed by atoms with Gasteiger partial charge in [0.2, 0.25) is 0 Å². The minimum Gasteiger partial charge on any atom is -0.456 e. The Labute approximate surface area is 302 Å². The van der Waals surface area contributed by atoms with Gasteiger partial charge < -0.3 is 4.42 Å². The molecule has 0 bridgehead atoms. The molecule has 11 rings (SSSR count). The molecule has 0 amide bonds. The van der Waals surface area contributed by atoms with Crippen LogP contribution in [0.25, 0.3) is 109 Å². The Kier molecular flexibility index (Phi) is 6.39. The number of fused-ring (bicyclic) bond motifs is 10. The number of furan rings is 1. The van der Waals surface area contributed by atoms with Gasteiger partial charge in [-0.05, 0) is 36.4 Å². The van der Waals surface area contributed by atoms with Crippen LogP contribution in [0.4, 0.5) is 0 Å². The summed E-state index contributed by atoms with van der Waals surface area (Å²) in [5.74, 6) is 0.667. The fraction of sp³-hybridized carbons (Fsp3) is 0. The van der Waals surface area contributed by atoms with Crippen molar-refractivity contribution < 1.29 is 4.42 Å². The summed E-state index contributed by atoms with van der Waals surface area (Å²) in [6.45, 7) is 0. The molecule has 4 aromatic heterocycles. The Balaban J connectivity index is 1.20. The predicted molar refractivity (Wildman–Crippen MR) is 217 cm³/mol. The standard InChI is InChI=1S/C47H27N3OS/c1-3-12-28(13-4-1)46-35-24-25-42-45(34-17-8-10-21-41(34)52-42)44(35)32-23-22-30(26-37(32)48-46)36-27-38(50-47(49-36)29-14-5-2-6-15-29)31-18-11-20-40-43(31)33-16-7-9-19-39(33)51-40/h1-27H. The molecule has 0 unspecified atom stereocenters. The van der Waals surface area contributed by atoms with Crippen molar-refractivity contribution in [3.63, 3.8) is 0 Å². The third-order valence-corrected chi connectivity index (χ3v) is 11.2. The second kappa shape index (κ2) is 11.4. The average molecular weight is 682 g/mol. The first-order valence-corrected chi connectivity index (χ1v) is 18.2. The summed E-state index contributed by atoms with van der Waals surface area (Å²) in [6, 6.07) is 57.0. The molecule has 5 heteroatoms. The zero-order chi connectivity index (χ0) is 34.2. The van der Waals surface area contributed by atoms with E-state index in [0.717, 1.165) is 77.6 Å². The summed E-state index contributed by atoms with van der Waals surface area (Å²) in [5.41, 5.74) is 9.30. The molecule has 4 heterocycles. The van der Waals surface area contributed by atoms with Crippen molar-refractivity contribution in [2.24, 2.45) is 0 Å². The monoisotopic (exact) mass is 681 g/mol. The zero-order valence-corrected chi connectivity index (χ0v) is 28.6. The van der Waals surface area contributed by atoms with E-state index in [1.165, 1.54) is 25.6 Å². The number of rotatable bonds is 4. The molecule has 0 radical (unpaired) electrons. The quantitative estimate of drug-likeness (QED) is 0.174. The second-order valence-corrected chi connectivity index (χ2v) is 14.2. The van der Waals surface area contributed by atoms with Crippen molar-refractivity contribution >= 4 is 75.1 Å². The van der Waals surface area contributed by atoms with Gasteiger partial charge in [0.05, 0.1) is 22.6 Å². The smallest absolute Gasteiger partial charge is 0.160 e. The van der Waals surface area contributed by atoms with Crippen molar-refractivity contribution in [3.05, 3.63) is 164 Å². The van der Waals surface area contributed by atoms with Crippen molar-refractivity contribution in [1.82, 2.24) is 15.0 Å². The number of hydrogen-bond acceptors (Lipinski definition) is 5. The van der Waals surface area contributed by atoms with Crippen LogP contribution in [0.15, 0.2) is 168 Å². The predicted octanol–water partition coefficient (Wildman–Crippen LogP) is 13.1. The molecule has 0 atom stereocenters. The van der Waals surface area contributed by atoms with Gasteiger partial charge in [0.15, 0.2) is 5.82 Å². The summed E-state index contributed by atoms with van der Waals surface area (Å²) in [6.07, 6.45) is 0. The highest BCUT2D eigenvalue weighted by Crippen LogP contribution is 2.44. The summed E-state index contributed by atoms with van der Waals surface area (Å²) in [5, 5.41) is 8.18. The summed E-state index contributed by atoms with van der Waals surface area (Å²) in [4.78, 5) is 15.8. The number of benzene rings is 7. The molecular weight excluding hydrogens is 655 g/mol. The van der Waals surface area contributed by atoms with Crippen LogP contribution < -0.4 is 0 Å². The number of aromatic nitrogens is 3. The molecule has 4 nitrogen and oxygen atoms in total. The van der Waals surface area contributed by atoms with Crippen molar-refractivity contribution in [3.8, 4) is 45.2 Å². The van der Waals surface area contributed by atoms with Gasteiger partial charge in [-0.1, -0.05) is 127 Å². The Morgan fingerprint density at radius 1 is 0.404 bits per heavy atom. The normalized spacial score (nSPS) is 11.8. The second-order valence-electron chi connectivity index (χ2n) is 13.1. The summed E-state index contributed by atoms with van der Waals surface area (Å²) < 4.78 is 8.84. The van der Waals surface area contributed by atoms with Crippen LogP contribution in [-0.4, -0.2) is 15.0 Å². The van der Waals surface area contributed by atoms with Crippen molar-refractivity contribution in [1.29, 1.82) is 0 Å². The van der Waals surface area contributed by atoms with E-state index in [2.05, 4.69) is 121 Å². The first kappa shape index (κ1) is 29.1. The lowest BCUT2D eigenvalue weighted by atomic mass is 9.95. The van der Waals surface area contributed by atoms with Crippen LogP contribution in [0, 0.1) is 0 Å². The number of hydrogen-bond donors (Lipinski definition) is 0. The first-order chi connectivity index (χ1) is 25.8. The van der Waals surface area contributed by atoms with E-state index < -0.39 is 0 Å².